The quantitative estimate of drug-likeness (QED) is 0.854. The van der Waals surface area contributed by atoms with Crippen LogP contribution in [0.1, 0.15) is 0 Å². The first-order valence-electron chi connectivity index (χ1n) is 7.64. The lowest BCUT2D eigenvalue weighted by Crippen LogP contribution is -2.51. The third-order valence-corrected chi connectivity index (χ3v) is 5.74. The Morgan fingerprint density at radius 2 is 1.38 bits per heavy atom. The van der Waals surface area contributed by atoms with Gasteiger partial charge in [-0.2, -0.15) is 4.31 Å². The predicted molar refractivity (Wildman–Crippen MR) is 89.2 cm³/mol. The summed E-state index contributed by atoms with van der Waals surface area (Å²) in [6, 6.07) is 17.1. The number of sulfonamides is 1. The molecule has 1 heterocycles. The van der Waals surface area contributed by atoms with Crippen LogP contribution in [-0.4, -0.2) is 49.9 Å². The Hall–Kier alpha value is -2.38. The molecule has 0 unspecified atom stereocenters. The minimum atomic E-state index is -3.52. The molecule has 3 rings (SSSR count). The number of amides is 1. The monoisotopic (exact) mass is 346 g/mol. The molecule has 2 aromatic rings. The second kappa shape index (κ2) is 7.02. The van der Waals surface area contributed by atoms with Crippen molar-refractivity contribution in [3.05, 3.63) is 60.7 Å². The molecule has 24 heavy (non-hydrogen) atoms. The fraction of sp³-hybridized carbons (Fsp3) is 0.235. The lowest BCUT2D eigenvalue weighted by atomic mass is 10.3. The summed E-state index contributed by atoms with van der Waals surface area (Å²) < 4.78 is 31.8. The number of carbonyl (C=O) groups excluding carboxylic acids is 1. The van der Waals surface area contributed by atoms with Gasteiger partial charge < -0.3 is 9.64 Å². The smallest absolute Gasteiger partial charge is 0.410 e. The van der Waals surface area contributed by atoms with Crippen LogP contribution in [0.3, 0.4) is 0 Å². The normalized spacial score (nSPS) is 15.9. The van der Waals surface area contributed by atoms with Gasteiger partial charge in [-0.05, 0) is 24.3 Å². The van der Waals surface area contributed by atoms with Crippen LogP contribution in [0.4, 0.5) is 4.79 Å². The molecule has 2 aromatic carbocycles. The zero-order valence-electron chi connectivity index (χ0n) is 13.0. The van der Waals surface area contributed by atoms with Gasteiger partial charge in [-0.1, -0.05) is 36.4 Å². The van der Waals surface area contributed by atoms with Gasteiger partial charge >= 0.3 is 6.09 Å². The van der Waals surface area contributed by atoms with Crippen molar-refractivity contribution in [3.8, 4) is 5.75 Å². The average Bonchev–Trinajstić information content (AvgIpc) is 2.63. The SMILES string of the molecule is O=C(Oc1ccccc1)N1CCN(S(=O)(=O)c2ccccc2)CC1. The largest absolute Gasteiger partial charge is 0.415 e. The minimum absolute atomic E-state index is 0.251. The molecule has 1 amide bonds. The molecule has 0 atom stereocenters. The Morgan fingerprint density at radius 3 is 1.96 bits per heavy atom. The van der Waals surface area contributed by atoms with Gasteiger partial charge in [0.25, 0.3) is 0 Å². The van der Waals surface area contributed by atoms with E-state index >= 15 is 0 Å². The fourth-order valence-corrected chi connectivity index (χ4v) is 3.95. The van der Waals surface area contributed by atoms with Crippen molar-refractivity contribution >= 4 is 16.1 Å². The lowest BCUT2D eigenvalue weighted by Gasteiger charge is -2.33. The molecule has 1 saturated heterocycles. The molecule has 1 fully saturated rings. The van der Waals surface area contributed by atoms with E-state index < -0.39 is 16.1 Å². The Balaban J connectivity index is 1.61. The highest BCUT2D eigenvalue weighted by atomic mass is 32.2. The van der Waals surface area contributed by atoms with Gasteiger partial charge in [0.05, 0.1) is 4.90 Å². The van der Waals surface area contributed by atoms with Crippen LogP contribution in [0.2, 0.25) is 0 Å². The third kappa shape index (κ3) is 3.58. The molecule has 7 heteroatoms. The molecule has 1 aliphatic heterocycles. The summed E-state index contributed by atoms with van der Waals surface area (Å²) >= 11 is 0. The summed E-state index contributed by atoms with van der Waals surface area (Å²) in [5, 5.41) is 0. The van der Waals surface area contributed by atoms with Crippen LogP contribution in [0.15, 0.2) is 65.6 Å². The Kier molecular flexibility index (Phi) is 4.82. The van der Waals surface area contributed by atoms with Gasteiger partial charge in [-0.15, -0.1) is 0 Å². The maximum atomic E-state index is 12.5. The van der Waals surface area contributed by atoms with E-state index in [-0.39, 0.29) is 18.0 Å². The van der Waals surface area contributed by atoms with Crippen LogP contribution < -0.4 is 4.74 Å². The molecule has 0 aromatic heterocycles. The zero-order valence-corrected chi connectivity index (χ0v) is 13.9. The number of piperazine rings is 1. The lowest BCUT2D eigenvalue weighted by molar-refractivity contribution is 0.132. The average molecular weight is 346 g/mol. The molecule has 0 bridgehead atoms. The Morgan fingerprint density at radius 1 is 0.833 bits per heavy atom. The fourth-order valence-electron chi connectivity index (χ4n) is 2.51. The second-order valence-corrected chi connectivity index (χ2v) is 7.32. The number of hydrogen-bond acceptors (Lipinski definition) is 4. The van der Waals surface area contributed by atoms with Gasteiger partial charge in [-0.3, -0.25) is 0 Å². The third-order valence-electron chi connectivity index (χ3n) is 3.83. The summed E-state index contributed by atoms with van der Waals surface area (Å²) in [5.74, 6) is 0.474. The Bertz CT molecular complexity index is 786. The molecule has 0 spiro atoms. The number of para-hydroxylation sites is 1. The van der Waals surface area contributed by atoms with Gasteiger partial charge in [0.1, 0.15) is 5.75 Å². The van der Waals surface area contributed by atoms with Crippen molar-refractivity contribution in [2.24, 2.45) is 0 Å². The van der Waals surface area contributed by atoms with E-state index in [2.05, 4.69) is 0 Å². The first kappa shape index (κ1) is 16.5. The van der Waals surface area contributed by atoms with E-state index in [1.807, 2.05) is 6.07 Å². The highest BCUT2D eigenvalue weighted by Crippen LogP contribution is 2.18. The van der Waals surface area contributed by atoms with Gasteiger partial charge in [0, 0.05) is 26.2 Å². The molecule has 126 valence electrons. The van der Waals surface area contributed by atoms with E-state index in [1.54, 1.807) is 54.6 Å². The molecule has 6 nitrogen and oxygen atoms in total. The van der Waals surface area contributed by atoms with Crippen molar-refractivity contribution in [2.45, 2.75) is 4.90 Å². The summed E-state index contributed by atoms with van der Waals surface area (Å²) in [6.07, 6.45) is -0.460. The van der Waals surface area contributed by atoms with E-state index in [9.17, 15) is 13.2 Å². The topological polar surface area (TPSA) is 66.9 Å². The number of nitrogens with zero attached hydrogens (tertiary/aromatic N) is 2. The molecular weight excluding hydrogens is 328 g/mol. The van der Waals surface area contributed by atoms with Crippen LogP contribution in [0.25, 0.3) is 0 Å². The molecule has 1 aliphatic rings. The standard InChI is InChI=1S/C17H18N2O4S/c20-17(23-15-7-3-1-4-8-15)18-11-13-19(14-12-18)24(21,22)16-9-5-2-6-10-16/h1-10H,11-14H2. The van der Waals surface area contributed by atoms with Crippen LogP contribution in [0, 0.1) is 0 Å². The summed E-state index contributed by atoms with van der Waals surface area (Å²) in [6.45, 7) is 1.11. The van der Waals surface area contributed by atoms with Crippen molar-refractivity contribution in [1.82, 2.24) is 9.21 Å². The number of rotatable bonds is 3. The van der Waals surface area contributed by atoms with E-state index in [0.29, 0.717) is 18.8 Å². The zero-order chi connectivity index (χ0) is 17.0. The second-order valence-electron chi connectivity index (χ2n) is 5.39. The number of hydrogen-bond donors (Lipinski definition) is 0. The van der Waals surface area contributed by atoms with E-state index in [0.717, 1.165) is 0 Å². The highest BCUT2D eigenvalue weighted by molar-refractivity contribution is 7.89. The van der Waals surface area contributed by atoms with Crippen molar-refractivity contribution in [3.63, 3.8) is 0 Å². The van der Waals surface area contributed by atoms with Crippen LogP contribution >= 0.6 is 0 Å². The number of benzene rings is 2. The van der Waals surface area contributed by atoms with Crippen molar-refractivity contribution in [1.29, 1.82) is 0 Å². The molecule has 0 radical (unpaired) electrons. The first-order valence-corrected chi connectivity index (χ1v) is 9.08. The predicted octanol–water partition coefficient (Wildman–Crippen LogP) is 2.19. The van der Waals surface area contributed by atoms with Crippen LogP contribution in [0.5, 0.6) is 5.75 Å². The van der Waals surface area contributed by atoms with Gasteiger partial charge in [0.2, 0.25) is 10.0 Å². The van der Waals surface area contributed by atoms with Gasteiger partial charge in [-0.25, -0.2) is 13.2 Å². The summed E-state index contributed by atoms with van der Waals surface area (Å²) in [7, 11) is -3.52. The molecule has 0 saturated carbocycles. The van der Waals surface area contributed by atoms with E-state index in [1.165, 1.54) is 9.21 Å². The maximum absolute atomic E-state index is 12.5. The van der Waals surface area contributed by atoms with Gasteiger partial charge in [0.15, 0.2) is 0 Å². The van der Waals surface area contributed by atoms with E-state index in [4.69, 9.17) is 4.74 Å². The Labute approximate surface area is 141 Å². The number of ether oxygens (including phenoxy) is 1. The van der Waals surface area contributed by atoms with Crippen LogP contribution in [-0.2, 0) is 10.0 Å². The maximum Gasteiger partial charge on any atom is 0.415 e. The molecule has 0 N–H and O–H groups in total. The first-order chi connectivity index (χ1) is 11.6. The summed E-state index contributed by atoms with van der Waals surface area (Å²) in [5.41, 5.74) is 0. The molecule has 0 aliphatic carbocycles. The van der Waals surface area contributed by atoms with Crippen molar-refractivity contribution < 1.29 is 17.9 Å². The van der Waals surface area contributed by atoms with Crippen molar-refractivity contribution in [2.75, 3.05) is 26.2 Å². The minimum Gasteiger partial charge on any atom is -0.410 e. The number of carbonyl (C=O) groups is 1. The highest BCUT2D eigenvalue weighted by Gasteiger charge is 2.30. The summed E-state index contributed by atoms with van der Waals surface area (Å²) in [4.78, 5) is 13.9. The molecular formula is C17H18N2O4S.